The van der Waals surface area contributed by atoms with Crippen LogP contribution >= 0.6 is 11.8 Å². The van der Waals surface area contributed by atoms with Gasteiger partial charge in [-0.15, -0.1) is 0 Å². The summed E-state index contributed by atoms with van der Waals surface area (Å²) >= 11 is 2.01. The first-order chi connectivity index (χ1) is 7.89. The van der Waals surface area contributed by atoms with E-state index in [1.807, 2.05) is 18.7 Å². The molecule has 0 rings (SSSR count). The van der Waals surface area contributed by atoms with Crippen LogP contribution in [0.15, 0.2) is 0 Å². The molecule has 0 radical (unpaired) electrons. The van der Waals surface area contributed by atoms with Gasteiger partial charge in [-0.1, -0.05) is 13.8 Å². The van der Waals surface area contributed by atoms with Crippen LogP contribution in [0.5, 0.6) is 0 Å². The fourth-order valence-electron chi connectivity index (χ4n) is 1.75. The summed E-state index contributed by atoms with van der Waals surface area (Å²) in [5.74, 6) is 3.22. The molecule has 0 heterocycles. The number of nitrogens with zero attached hydrogens (tertiary/aromatic N) is 1. The van der Waals surface area contributed by atoms with Crippen molar-refractivity contribution in [3.63, 3.8) is 0 Å². The second-order valence-corrected chi connectivity index (χ2v) is 6.87. The number of nitriles is 1. The van der Waals surface area contributed by atoms with Gasteiger partial charge in [-0.2, -0.15) is 17.0 Å². The average molecular weight is 256 g/mol. The smallest absolute Gasteiger partial charge is 0.104 e. The summed E-state index contributed by atoms with van der Waals surface area (Å²) in [6.45, 7) is 10.7. The quantitative estimate of drug-likeness (QED) is 0.637. The predicted octanol–water partition coefficient (Wildman–Crippen LogP) is 3.83. The van der Waals surface area contributed by atoms with Crippen LogP contribution in [0.3, 0.4) is 0 Å². The first-order valence-corrected chi connectivity index (χ1v) is 7.82. The number of hydrogen-bond donors (Lipinski definition) is 1. The third-order valence-corrected chi connectivity index (χ3v) is 3.76. The van der Waals surface area contributed by atoms with Gasteiger partial charge in [0.15, 0.2) is 0 Å². The zero-order chi connectivity index (χ0) is 13.3. The molecular weight excluding hydrogens is 228 g/mol. The Bertz CT molecular complexity index is 233. The molecule has 2 nitrogen and oxygen atoms in total. The Morgan fingerprint density at radius 3 is 2.35 bits per heavy atom. The molecule has 0 aromatic heterocycles. The first kappa shape index (κ1) is 16.8. The molecule has 0 aliphatic rings. The molecule has 100 valence electrons. The Labute approximate surface area is 112 Å². The van der Waals surface area contributed by atoms with Crippen molar-refractivity contribution in [1.82, 2.24) is 5.32 Å². The molecule has 3 heteroatoms. The number of nitrogens with one attached hydrogen (secondary N) is 1. The summed E-state index contributed by atoms with van der Waals surface area (Å²) in [7, 11) is 0. The molecule has 0 aliphatic heterocycles. The van der Waals surface area contributed by atoms with Crippen LogP contribution in [0.1, 0.15) is 53.9 Å². The molecule has 0 aliphatic carbocycles. The lowest BCUT2D eigenvalue weighted by molar-refractivity contribution is 0.380. The Morgan fingerprint density at radius 1 is 1.24 bits per heavy atom. The molecule has 17 heavy (non-hydrogen) atoms. The van der Waals surface area contributed by atoms with Crippen molar-refractivity contribution >= 4 is 11.8 Å². The molecule has 0 bridgehead atoms. The van der Waals surface area contributed by atoms with Crippen LogP contribution < -0.4 is 5.32 Å². The van der Waals surface area contributed by atoms with Gasteiger partial charge in [-0.25, -0.2) is 0 Å². The van der Waals surface area contributed by atoms with Crippen molar-refractivity contribution in [3.05, 3.63) is 0 Å². The highest BCUT2D eigenvalue weighted by Crippen LogP contribution is 2.16. The van der Waals surface area contributed by atoms with Crippen LogP contribution in [0, 0.1) is 17.2 Å². The molecule has 0 saturated heterocycles. The maximum Gasteiger partial charge on any atom is 0.104 e. The fourth-order valence-corrected chi connectivity index (χ4v) is 2.94. The molecular formula is C14H28N2S. The van der Waals surface area contributed by atoms with E-state index < -0.39 is 0 Å². The maximum atomic E-state index is 9.19. The summed E-state index contributed by atoms with van der Waals surface area (Å²) in [4.78, 5) is 0. The van der Waals surface area contributed by atoms with Gasteiger partial charge in [-0.3, -0.25) is 5.32 Å². The van der Waals surface area contributed by atoms with Gasteiger partial charge in [-0.05, 0) is 57.5 Å². The van der Waals surface area contributed by atoms with E-state index in [9.17, 15) is 5.26 Å². The van der Waals surface area contributed by atoms with Crippen molar-refractivity contribution in [2.75, 3.05) is 11.5 Å². The Morgan fingerprint density at radius 2 is 1.88 bits per heavy atom. The minimum atomic E-state index is -0.354. The van der Waals surface area contributed by atoms with Crippen molar-refractivity contribution in [1.29, 1.82) is 5.26 Å². The van der Waals surface area contributed by atoms with Gasteiger partial charge in [0.25, 0.3) is 0 Å². The molecule has 1 N–H and O–H groups in total. The first-order valence-electron chi connectivity index (χ1n) is 6.66. The molecule has 0 aromatic carbocycles. The Balaban J connectivity index is 3.67. The molecule has 0 aromatic rings. The second kappa shape index (κ2) is 8.83. The molecule has 0 amide bonds. The standard InChI is InChI=1S/C14H28N2S/c1-12(2)7-10-17-9-6-8-14(5,11-15)16-13(3)4/h12-13,16H,6-10H2,1-5H3. The lowest BCUT2D eigenvalue weighted by Gasteiger charge is -2.25. The van der Waals surface area contributed by atoms with Crippen LogP contribution in [0.25, 0.3) is 0 Å². The third kappa shape index (κ3) is 9.50. The molecule has 1 unspecified atom stereocenters. The zero-order valence-electron chi connectivity index (χ0n) is 12.0. The fraction of sp³-hybridized carbons (Fsp3) is 0.929. The topological polar surface area (TPSA) is 35.8 Å². The highest BCUT2D eigenvalue weighted by molar-refractivity contribution is 7.99. The number of rotatable bonds is 9. The normalized spacial score (nSPS) is 14.9. The summed E-state index contributed by atoms with van der Waals surface area (Å²) in [5.41, 5.74) is -0.354. The Hall–Kier alpha value is -0.200. The second-order valence-electron chi connectivity index (χ2n) is 5.64. The predicted molar refractivity (Wildman–Crippen MR) is 78.3 cm³/mol. The molecule has 0 fully saturated rings. The summed E-state index contributed by atoms with van der Waals surface area (Å²) in [5, 5.41) is 12.5. The molecule has 1 atom stereocenters. The van der Waals surface area contributed by atoms with E-state index in [1.165, 1.54) is 17.9 Å². The highest BCUT2D eigenvalue weighted by atomic mass is 32.2. The molecule has 0 spiro atoms. The van der Waals surface area contributed by atoms with Crippen LogP contribution in [0.4, 0.5) is 0 Å². The lowest BCUT2D eigenvalue weighted by Crippen LogP contribution is -2.44. The monoisotopic (exact) mass is 256 g/mol. The van der Waals surface area contributed by atoms with Crippen molar-refractivity contribution in [3.8, 4) is 6.07 Å². The van der Waals surface area contributed by atoms with E-state index in [0.717, 1.165) is 18.8 Å². The van der Waals surface area contributed by atoms with Gasteiger partial charge in [0, 0.05) is 6.04 Å². The van der Waals surface area contributed by atoms with Crippen molar-refractivity contribution < 1.29 is 0 Å². The van der Waals surface area contributed by atoms with E-state index in [2.05, 4.69) is 39.1 Å². The van der Waals surface area contributed by atoms with Gasteiger partial charge < -0.3 is 0 Å². The van der Waals surface area contributed by atoms with Crippen LogP contribution in [-0.4, -0.2) is 23.1 Å². The summed E-state index contributed by atoms with van der Waals surface area (Å²) in [6.07, 6.45) is 3.35. The van der Waals surface area contributed by atoms with Gasteiger partial charge in [0.2, 0.25) is 0 Å². The van der Waals surface area contributed by atoms with Crippen molar-refractivity contribution in [2.24, 2.45) is 5.92 Å². The van der Waals surface area contributed by atoms with Crippen LogP contribution in [-0.2, 0) is 0 Å². The highest BCUT2D eigenvalue weighted by Gasteiger charge is 2.23. The maximum absolute atomic E-state index is 9.19. The largest absolute Gasteiger partial charge is 0.297 e. The number of thioether (sulfide) groups is 1. The number of hydrogen-bond acceptors (Lipinski definition) is 3. The SMILES string of the molecule is CC(C)CCSCCCC(C)(C#N)NC(C)C. The van der Waals surface area contributed by atoms with Crippen molar-refractivity contribution in [2.45, 2.75) is 65.5 Å². The average Bonchev–Trinajstić information content (AvgIpc) is 2.22. The van der Waals surface area contributed by atoms with E-state index in [-0.39, 0.29) is 5.54 Å². The molecule has 0 saturated carbocycles. The summed E-state index contributed by atoms with van der Waals surface area (Å²) < 4.78 is 0. The minimum Gasteiger partial charge on any atom is -0.297 e. The van der Waals surface area contributed by atoms with Gasteiger partial charge >= 0.3 is 0 Å². The van der Waals surface area contributed by atoms with E-state index in [4.69, 9.17) is 0 Å². The summed E-state index contributed by atoms with van der Waals surface area (Å²) in [6, 6.07) is 2.77. The van der Waals surface area contributed by atoms with Crippen LogP contribution in [0.2, 0.25) is 0 Å². The lowest BCUT2D eigenvalue weighted by atomic mass is 9.97. The van der Waals surface area contributed by atoms with E-state index in [1.54, 1.807) is 0 Å². The van der Waals surface area contributed by atoms with Gasteiger partial charge in [0.05, 0.1) is 6.07 Å². The van der Waals surface area contributed by atoms with E-state index in [0.29, 0.717) is 6.04 Å². The zero-order valence-corrected chi connectivity index (χ0v) is 12.9. The third-order valence-electron chi connectivity index (χ3n) is 2.66. The van der Waals surface area contributed by atoms with E-state index >= 15 is 0 Å². The van der Waals surface area contributed by atoms with Gasteiger partial charge in [0.1, 0.15) is 5.54 Å². The Kier molecular flexibility index (Phi) is 8.72. The minimum absolute atomic E-state index is 0.354.